The van der Waals surface area contributed by atoms with Crippen LogP contribution in [0.25, 0.3) is 11.0 Å². The van der Waals surface area contributed by atoms with Crippen molar-refractivity contribution >= 4 is 16.9 Å². The van der Waals surface area contributed by atoms with Crippen LogP contribution in [0.5, 0.6) is 0 Å². The Bertz CT molecular complexity index is 602. The molecule has 22 heavy (non-hydrogen) atoms. The molecule has 2 heterocycles. The largest absolute Gasteiger partial charge is 0.451 e. The number of nitrogens with zero attached hydrogens (tertiary/aromatic N) is 1. The molecule has 1 saturated heterocycles. The zero-order chi connectivity index (χ0) is 15.4. The summed E-state index contributed by atoms with van der Waals surface area (Å²) in [6.07, 6.45) is 4.93. The van der Waals surface area contributed by atoms with Gasteiger partial charge in [0.25, 0.3) is 5.91 Å². The summed E-state index contributed by atoms with van der Waals surface area (Å²) in [6, 6.07) is 10.2. The minimum absolute atomic E-state index is 0.122. The van der Waals surface area contributed by atoms with Crippen molar-refractivity contribution in [3.8, 4) is 0 Å². The fraction of sp³-hybridized carbons (Fsp3) is 0.500. The van der Waals surface area contributed by atoms with Crippen molar-refractivity contribution in [1.29, 1.82) is 0 Å². The Morgan fingerprint density at radius 1 is 1.36 bits per heavy atom. The standard InChI is InChI=1S/C18H24N2O2/c1-14-7-4-5-11-20(14)12-6-10-19-18(21)17-13-15-8-2-3-9-16(15)22-17/h2-3,8-9,13-14H,4-7,10-12H2,1H3,(H,19,21). The molecule has 1 aliphatic rings. The van der Waals surface area contributed by atoms with Crippen molar-refractivity contribution in [1.82, 2.24) is 10.2 Å². The summed E-state index contributed by atoms with van der Waals surface area (Å²) in [5.41, 5.74) is 0.759. The number of hydrogen-bond acceptors (Lipinski definition) is 3. The van der Waals surface area contributed by atoms with Gasteiger partial charge in [-0.3, -0.25) is 4.79 Å². The van der Waals surface area contributed by atoms with Crippen LogP contribution in [-0.2, 0) is 0 Å². The molecule has 2 aromatic rings. The second-order valence-electron chi connectivity index (χ2n) is 6.14. The van der Waals surface area contributed by atoms with Crippen LogP contribution in [0.4, 0.5) is 0 Å². The van der Waals surface area contributed by atoms with E-state index in [0.717, 1.165) is 23.9 Å². The van der Waals surface area contributed by atoms with Gasteiger partial charge in [-0.2, -0.15) is 0 Å². The van der Waals surface area contributed by atoms with Gasteiger partial charge in [-0.25, -0.2) is 0 Å². The molecule has 0 aliphatic carbocycles. The first-order valence-corrected chi connectivity index (χ1v) is 8.25. The van der Waals surface area contributed by atoms with E-state index in [1.165, 1.54) is 25.8 Å². The number of piperidine rings is 1. The minimum atomic E-state index is -0.122. The summed E-state index contributed by atoms with van der Waals surface area (Å²) in [4.78, 5) is 14.6. The van der Waals surface area contributed by atoms with E-state index in [1.807, 2.05) is 24.3 Å². The van der Waals surface area contributed by atoms with Gasteiger partial charge in [0.05, 0.1) is 0 Å². The maximum absolute atomic E-state index is 12.1. The lowest BCUT2D eigenvalue weighted by molar-refractivity contribution is 0.0923. The molecule has 1 atom stereocenters. The Labute approximate surface area is 131 Å². The van der Waals surface area contributed by atoms with Gasteiger partial charge in [0.15, 0.2) is 5.76 Å². The van der Waals surface area contributed by atoms with Crippen LogP contribution in [0.15, 0.2) is 34.7 Å². The Kier molecular flexibility index (Phi) is 4.78. The highest BCUT2D eigenvalue weighted by Gasteiger charge is 2.17. The van der Waals surface area contributed by atoms with Gasteiger partial charge in [-0.1, -0.05) is 24.6 Å². The van der Waals surface area contributed by atoms with Crippen molar-refractivity contribution in [3.05, 3.63) is 36.1 Å². The zero-order valence-corrected chi connectivity index (χ0v) is 13.2. The molecule has 0 spiro atoms. The zero-order valence-electron chi connectivity index (χ0n) is 13.2. The normalized spacial score (nSPS) is 19.4. The molecule has 4 heteroatoms. The highest BCUT2D eigenvalue weighted by Crippen LogP contribution is 2.19. The lowest BCUT2D eigenvalue weighted by Gasteiger charge is -2.33. The molecular formula is C18H24N2O2. The first-order valence-electron chi connectivity index (χ1n) is 8.25. The summed E-state index contributed by atoms with van der Waals surface area (Å²) in [7, 11) is 0. The summed E-state index contributed by atoms with van der Waals surface area (Å²) < 4.78 is 5.57. The Morgan fingerprint density at radius 2 is 2.23 bits per heavy atom. The third-order valence-corrected chi connectivity index (χ3v) is 4.50. The highest BCUT2D eigenvalue weighted by molar-refractivity contribution is 5.95. The SMILES string of the molecule is CC1CCCCN1CCCNC(=O)c1cc2ccccc2o1. The summed E-state index contributed by atoms with van der Waals surface area (Å²) >= 11 is 0. The molecule has 1 aromatic carbocycles. The average molecular weight is 300 g/mol. The molecular weight excluding hydrogens is 276 g/mol. The summed E-state index contributed by atoms with van der Waals surface area (Å²) in [5.74, 6) is 0.274. The molecule has 1 aromatic heterocycles. The molecule has 4 nitrogen and oxygen atoms in total. The van der Waals surface area contributed by atoms with Gasteiger partial charge < -0.3 is 14.6 Å². The van der Waals surface area contributed by atoms with Gasteiger partial charge >= 0.3 is 0 Å². The predicted molar refractivity (Wildman–Crippen MR) is 88.1 cm³/mol. The van der Waals surface area contributed by atoms with Crippen molar-refractivity contribution < 1.29 is 9.21 Å². The second-order valence-corrected chi connectivity index (χ2v) is 6.14. The Morgan fingerprint density at radius 3 is 3.05 bits per heavy atom. The molecule has 1 N–H and O–H groups in total. The number of furan rings is 1. The monoisotopic (exact) mass is 300 g/mol. The average Bonchev–Trinajstić information content (AvgIpc) is 2.97. The van der Waals surface area contributed by atoms with E-state index in [-0.39, 0.29) is 5.91 Å². The quantitative estimate of drug-likeness (QED) is 0.861. The topological polar surface area (TPSA) is 45.5 Å². The first-order chi connectivity index (χ1) is 10.7. The number of hydrogen-bond donors (Lipinski definition) is 1. The van der Waals surface area contributed by atoms with Crippen LogP contribution in [0.3, 0.4) is 0 Å². The number of amides is 1. The van der Waals surface area contributed by atoms with E-state index in [9.17, 15) is 4.79 Å². The predicted octanol–water partition coefficient (Wildman–Crippen LogP) is 3.43. The van der Waals surface area contributed by atoms with Crippen LogP contribution >= 0.6 is 0 Å². The molecule has 0 bridgehead atoms. The number of likely N-dealkylation sites (tertiary alicyclic amines) is 1. The Hall–Kier alpha value is -1.81. The maximum atomic E-state index is 12.1. The van der Waals surface area contributed by atoms with Crippen LogP contribution < -0.4 is 5.32 Å². The number of carbonyl (C=O) groups is 1. The number of benzene rings is 1. The van der Waals surface area contributed by atoms with Crippen molar-refractivity contribution in [2.24, 2.45) is 0 Å². The first kappa shape index (κ1) is 15.1. The fourth-order valence-corrected chi connectivity index (χ4v) is 3.15. The summed E-state index contributed by atoms with van der Waals surface area (Å²) in [6.45, 7) is 5.24. The van der Waals surface area contributed by atoms with Crippen LogP contribution in [-0.4, -0.2) is 36.5 Å². The van der Waals surface area contributed by atoms with E-state index in [2.05, 4.69) is 17.1 Å². The van der Waals surface area contributed by atoms with Gasteiger partial charge in [-0.05, 0) is 44.9 Å². The molecule has 3 rings (SSSR count). The van der Waals surface area contributed by atoms with Gasteiger partial charge in [0.2, 0.25) is 0 Å². The highest BCUT2D eigenvalue weighted by atomic mass is 16.3. The van der Waals surface area contributed by atoms with Crippen LogP contribution in [0.2, 0.25) is 0 Å². The molecule has 1 unspecified atom stereocenters. The van der Waals surface area contributed by atoms with Crippen molar-refractivity contribution in [2.75, 3.05) is 19.6 Å². The maximum Gasteiger partial charge on any atom is 0.287 e. The number of nitrogens with one attached hydrogen (secondary N) is 1. The van der Waals surface area contributed by atoms with Crippen molar-refractivity contribution in [3.63, 3.8) is 0 Å². The number of rotatable bonds is 5. The molecule has 0 saturated carbocycles. The number of para-hydroxylation sites is 1. The third-order valence-electron chi connectivity index (χ3n) is 4.50. The van der Waals surface area contributed by atoms with Crippen molar-refractivity contribution in [2.45, 2.75) is 38.6 Å². The second kappa shape index (κ2) is 6.97. The van der Waals surface area contributed by atoms with E-state index in [4.69, 9.17) is 4.42 Å². The number of carbonyl (C=O) groups excluding carboxylic acids is 1. The molecule has 0 radical (unpaired) electrons. The van der Waals surface area contributed by atoms with E-state index >= 15 is 0 Å². The fourth-order valence-electron chi connectivity index (χ4n) is 3.15. The molecule has 1 amide bonds. The van der Waals surface area contributed by atoms with E-state index in [0.29, 0.717) is 18.3 Å². The van der Waals surface area contributed by atoms with Gasteiger partial charge in [-0.15, -0.1) is 0 Å². The lowest BCUT2D eigenvalue weighted by atomic mass is 10.0. The molecule has 1 aliphatic heterocycles. The molecule has 118 valence electrons. The van der Waals surface area contributed by atoms with Crippen LogP contribution in [0, 0.1) is 0 Å². The third kappa shape index (κ3) is 3.50. The minimum Gasteiger partial charge on any atom is -0.451 e. The van der Waals surface area contributed by atoms with Gasteiger partial charge in [0.1, 0.15) is 5.58 Å². The molecule has 1 fully saturated rings. The number of fused-ring (bicyclic) bond motifs is 1. The summed E-state index contributed by atoms with van der Waals surface area (Å²) in [5, 5.41) is 3.92. The van der Waals surface area contributed by atoms with E-state index in [1.54, 1.807) is 6.07 Å². The van der Waals surface area contributed by atoms with Crippen LogP contribution in [0.1, 0.15) is 43.2 Å². The smallest absolute Gasteiger partial charge is 0.287 e. The van der Waals surface area contributed by atoms with Gasteiger partial charge in [0, 0.05) is 24.5 Å². The lowest BCUT2D eigenvalue weighted by Crippen LogP contribution is -2.39. The Balaban J connectivity index is 1.46. The van der Waals surface area contributed by atoms with E-state index < -0.39 is 0 Å².